The lowest BCUT2D eigenvalue weighted by Gasteiger charge is -2.32. The van der Waals surface area contributed by atoms with Crippen LogP contribution in [-0.2, 0) is 9.53 Å². The Labute approximate surface area is 104 Å². The van der Waals surface area contributed by atoms with Gasteiger partial charge < -0.3 is 15.6 Å². The van der Waals surface area contributed by atoms with Crippen LogP contribution in [0.2, 0.25) is 0 Å². The van der Waals surface area contributed by atoms with Gasteiger partial charge in [0.25, 0.3) is 0 Å². The molecule has 0 aromatic rings. The van der Waals surface area contributed by atoms with Crippen LogP contribution < -0.4 is 5.73 Å². The SMILES string of the molecule is CC.NCC1CN(CCCCC(=O)O)CCO1. The minimum absolute atomic E-state index is 0.151. The highest BCUT2D eigenvalue weighted by Crippen LogP contribution is 2.06. The summed E-state index contributed by atoms with van der Waals surface area (Å²) in [6.45, 7) is 8.06. The molecule has 1 saturated heterocycles. The standard InChI is InChI=1S/C10H20N2O3.C2H6/c11-7-9-8-12(5-6-15-9)4-2-1-3-10(13)14;1-2/h9H,1-8,11H2,(H,13,14);1-2H3. The Morgan fingerprint density at radius 1 is 1.47 bits per heavy atom. The second kappa shape index (κ2) is 10.5. The lowest BCUT2D eigenvalue weighted by Crippen LogP contribution is -2.45. The minimum Gasteiger partial charge on any atom is -0.481 e. The van der Waals surface area contributed by atoms with Gasteiger partial charge in [0.05, 0.1) is 12.7 Å². The predicted octanol–water partition coefficient (Wildman–Crippen LogP) is 0.927. The maximum atomic E-state index is 10.3. The van der Waals surface area contributed by atoms with Gasteiger partial charge in [-0.05, 0) is 19.4 Å². The quantitative estimate of drug-likeness (QED) is 0.682. The maximum Gasteiger partial charge on any atom is 0.303 e. The number of hydrogen-bond donors (Lipinski definition) is 2. The first-order valence-corrected chi connectivity index (χ1v) is 6.48. The fraction of sp³-hybridized carbons (Fsp3) is 0.917. The molecule has 0 radical (unpaired) electrons. The first-order valence-electron chi connectivity index (χ1n) is 6.48. The molecule has 1 heterocycles. The number of aliphatic carboxylic acids is 1. The van der Waals surface area contributed by atoms with Gasteiger partial charge in [0.1, 0.15) is 0 Å². The van der Waals surface area contributed by atoms with Crippen molar-refractivity contribution >= 4 is 5.97 Å². The molecule has 5 nitrogen and oxygen atoms in total. The largest absolute Gasteiger partial charge is 0.481 e. The maximum absolute atomic E-state index is 10.3. The molecule has 5 heteroatoms. The summed E-state index contributed by atoms with van der Waals surface area (Å²) in [6, 6.07) is 0. The molecule has 3 N–H and O–H groups in total. The normalized spacial score (nSPS) is 20.5. The Kier molecular flexibility index (Phi) is 10.1. The number of hydrogen-bond acceptors (Lipinski definition) is 4. The summed E-state index contributed by atoms with van der Waals surface area (Å²) in [7, 11) is 0. The van der Waals surface area contributed by atoms with Crippen molar-refractivity contribution < 1.29 is 14.6 Å². The molecule has 1 aliphatic heterocycles. The molecule has 1 rings (SSSR count). The van der Waals surface area contributed by atoms with Gasteiger partial charge in [-0.15, -0.1) is 0 Å². The van der Waals surface area contributed by atoms with Crippen LogP contribution in [0.3, 0.4) is 0 Å². The molecule has 0 bridgehead atoms. The number of morpholine rings is 1. The summed E-state index contributed by atoms with van der Waals surface area (Å²) in [5.41, 5.74) is 5.53. The zero-order chi connectivity index (χ0) is 13.1. The summed E-state index contributed by atoms with van der Waals surface area (Å²) in [5, 5.41) is 8.48. The average molecular weight is 246 g/mol. The number of nitrogens with two attached hydrogens (primary N) is 1. The highest BCUT2D eigenvalue weighted by Gasteiger charge is 2.18. The highest BCUT2D eigenvalue weighted by molar-refractivity contribution is 5.66. The molecule has 1 aliphatic rings. The summed E-state index contributed by atoms with van der Waals surface area (Å²) >= 11 is 0. The van der Waals surface area contributed by atoms with E-state index in [0.29, 0.717) is 6.54 Å². The molecule has 0 aromatic heterocycles. The Hall–Kier alpha value is -0.650. The van der Waals surface area contributed by atoms with E-state index < -0.39 is 5.97 Å². The highest BCUT2D eigenvalue weighted by atomic mass is 16.5. The molecule has 0 amide bonds. The molecular formula is C12H26N2O3. The second-order valence-electron chi connectivity index (χ2n) is 3.88. The monoisotopic (exact) mass is 246 g/mol. The molecule has 0 spiro atoms. The van der Waals surface area contributed by atoms with Gasteiger partial charge in [-0.2, -0.15) is 0 Å². The van der Waals surface area contributed by atoms with E-state index in [1.54, 1.807) is 0 Å². The van der Waals surface area contributed by atoms with Gasteiger partial charge in [0.15, 0.2) is 0 Å². The van der Waals surface area contributed by atoms with Crippen molar-refractivity contribution in [1.82, 2.24) is 4.90 Å². The van der Waals surface area contributed by atoms with E-state index in [1.807, 2.05) is 13.8 Å². The van der Waals surface area contributed by atoms with E-state index in [-0.39, 0.29) is 12.5 Å². The molecule has 0 saturated carbocycles. The third-order valence-corrected chi connectivity index (χ3v) is 2.60. The summed E-state index contributed by atoms with van der Waals surface area (Å²) < 4.78 is 5.44. The topological polar surface area (TPSA) is 75.8 Å². The number of ether oxygens (including phenoxy) is 1. The first kappa shape index (κ1) is 16.4. The van der Waals surface area contributed by atoms with Crippen LogP contribution in [0.5, 0.6) is 0 Å². The number of rotatable bonds is 6. The zero-order valence-corrected chi connectivity index (χ0v) is 11.0. The number of unbranched alkanes of at least 4 members (excludes halogenated alkanes) is 1. The third kappa shape index (κ3) is 8.12. The van der Waals surface area contributed by atoms with E-state index in [0.717, 1.165) is 39.1 Å². The predicted molar refractivity (Wildman–Crippen MR) is 68.1 cm³/mol. The van der Waals surface area contributed by atoms with E-state index in [4.69, 9.17) is 15.6 Å². The molecule has 0 aliphatic carbocycles. The van der Waals surface area contributed by atoms with Crippen molar-refractivity contribution in [3.05, 3.63) is 0 Å². The number of carboxylic acids is 1. The van der Waals surface area contributed by atoms with Crippen LogP contribution in [-0.4, -0.2) is 54.9 Å². The van der Waals surface area contributed by atoms with Crippen molar-refractivity contribution in [1.29, 1.82) is 0 Å². The van der Waals surface area contributed by atoms with E-state index in [1.165, 1.54) is 0 Å². The van der Waals surface area contributed by atoms with Crippen LogP contribution in [0.1, 0.15) is 33.1 Å². The smallest absolute Gasteiger partial charge is 0.303 e. The molecule has 1 fully saturated rings. The van der Waals surface area contributed by atoms with E-state index in [2.05, 4.69) is 4.90 Å². The van der Waals surface area contributed by atoms with Gasteiger partial charge in [-0.1, -0.05) is 13.8 Å². The van der Waals surface area contributed by atoms with Gasteiger partial charge in [0.2, 0.25) is 0 Å². The number of nitrogens with zero attached hydrogens (tertiary/aromatic N) is 1. The summed E-state index contributed by atoms with van der Waals surface area (Å²) in [6.07, 6.45) is 2.10. The summed E-state index contributed by atoms with van der Waals surface area (Å²) in [5.74, 6) is -0.711. The lowest BCUT2D eigenvalue weighted by atomic mass is 10.2. The Morgan fingerprint density at radius 3 is 2.76 bits per heavy atom. The lowest BCUT2D eigenvalue weighted by molar-refractivity contribution is -0.137. The molecule has 17 heavy (non-hydrogen) atoms. The van der Waals surface area contributed by atoms with Crippen molar-refractivity contribution in [2.24, 2.45) is 5.73 Å². The average Bonchev–Trinajstić information content (AvgIpc) is 2.37. The van der Waals surface area contributed by atoms with Gasteiger partial charge in [-0.25, -0.2) is 0 Å². The molecule has 1 atom stereocenters. The van der Waals surface area contributed by atoms with Gasteiger partial charge in [-0.3, -0.25) is 9.69 Å². The Morgan fingerprint density at radius 2 is 2.18 bits per heavy atom. The van der Waals surface area contributed by atoms with Crippen molar-refractivity contribution in [2.45, 2.75) is 39.2 Å². The Balaban J connectivity index is 0.00000121. The fourth-order valence-corrected chi connectivity index (χ4v) is 1.74. The minimum atomic E-state index is -0.711. The zero-order valence-electron chi connectivity index (χ0n) is 11.0. The van der Waals surface area contributed by atoms with E-state index in [9.17, 15) is 4.79 Å². The molecule has 0 aromatic carbocycles. The molecular weight excluding hydrogens is 220 g/mol. The van der Waals surface area contributed by atoms with Crippen LogP contribution in [0.15, 0.2) is 0 Å². The van der Waals surface area contributed by atoms with Crippen LogP contribution in [0, 0.1) is 0 Å². The Bertz CT molecular complexity index is 200. The number of carboxylic acid groups (broad SMARTS) is 1. The molecule has 1 unspecified atom stereocenters. The van der Waals surface area contributed by atoms with Crippen LogP contribution >= 0.6 is 0 Å². The first-order chi connectivity index (χ1) is 8.22. The second-order valence-corrected chi connectivity index (χ2v) is 3.88. The summed E-state index contributed by atoms with van der Waals surface area (Å²) in [4.78, 5) is 12.6. The van der Waals surface area contributed by atoms with Crippen LogP contribution in [0.25, 0.3) is 0 Å². The van der Waals surface area contributed by atoms with Gasteiger partial charge >= 0.3 is 5.97 Å². The number of carbonyl (C=O) groups is 1. The van der Waals surface area contributed by atoms with Crippen molar-refractivity contribution in [2.75, 3.05) is 32.8 Å². The third-order valence-electron chi connectivity index (χ3n) is 2.60. The van der Waals surface area contributed by atoms with Gasteiger partial charge in [0, 0.05) is 26.1 Å². The van der Waals surface area contributed by atoms with Crippen molar-refractivity contribution in [3.63, 3.8) is 0 Å². The van der Waals surface area contributed by atoms with Crippen molar-refractivity contribution in [3.8, 4) is 0 Å². The van der Waals surface area contributed by atoms with Crippen LogP contribution in [0.4, 0.5) is 0 Å². The fourth-order valence-electron chi connectivity index (χ4n) is 1.74. The molecule has 102 valence electrons. The van der Waals surface area contributed by atoms with E-state index >= 15 is 0 Å².